The lowest BCUT2D eigenvalue weighted by Crippen LogP contribution is -2.73. The Hall–Kier alpha value is -4.15. The van der Waals surface area contributed by atoms with Gasteiger partial charge >= 0.3 is 0 Å². The van der Waals surface area contributed by atoms with Gasteiger partial charge in [-0.1, -0.05) is 213 Å². The Morgan fingerprint density at radius 2 is 0.774 bits per heavy atom. The third-order valence-electron chi connectivity index (χ3n) is 11.2. The van der Waals surface area contributed by atoms with Crippen LogP contribution in [0.3, 0.4) is 0 Å². The number of hydrogen-bond donors (Lipinski definition) is 0. The van der Waals surface area contributed by atoms with Gasteiger partial charge in [0, 0.05) is 9.75 Å². The SMILES string of the molecule is C/C=C/[Si](C)(C)c1cc2c(s1)-c1sc([Si](C)(C)/C=C/[Si](c3ccccc3)(c3ccccc3)c3ccccc3)cc1[Si]2(c1ccccc1)c1ccccc1. The summed E-state index contributed by atoms with van der Waals surface area (Å²) in [7, 11) is -8.94. The van der Waals surface area contributed by atoms with Gasteiger partial charge in [0.05, 0.1) is 0 Å². The van der Waals surface area contributed by atoms with Gasteiger partial charge in [-0.15, -0.1) is 22.7 Å². The van der Waals surface area contributed by atoms with Crippen LogP contribution in [0.4, 0.5) is 0 Å². The Morgan fingerprint density at radius 1 is 0.434 bits per heavy atom. The first-order valence-corrected chi connectivity index (χ1v) is 30.5. The van der Waals surface area contributed by atoms with Crippen LogP contribution in [0, 0.1) is 0 Å². The van der Waals surface area contributed by atoms with Gasteiger partial charge in [0.1, 0.15) is 16.1 Å². The van der Waals surface area contributed by atoms with Crippen molar-refractivity contribution in [2.45, 2.75) is 33.1 Å². The van der Waals surface area contributed by atoms with Crippen LogP contribution < -0.4 is 45.3 Å². The molecule has 0 bridgehead atoms. The van der Waals surface area contributed by atoms with Gasteiger partial charge in [-0.05, 0) is 52.2 Å². The Kier molecular flexibility index (Phi) is 9.64. The zero-order chi connectivity index (χ0) is 36.7. The second-order valence-corrected chi connectivity index (χ2v) is 34.2. The highest BCUT2D eigenvalue weighted by Gasteiger charge is 2.52. The van der Waals surface area contributed by atoms with Crippen molar-refractivity contribution in [2.24, 2.45) is 0 Å². The van der Waals surface area contributed by atoms with E-state index in [4.69, 9.17) is 0 Å². The maximum Gasteiger partial charge on any atom is 0.182 e. The smallest absolute Gasteiger partial charge is 0.144 e. The maximum atomic E-state index is 2.70. The topological polar surface area (TPSA) is 0 Å². The lowest BCUT2D eigenvalue weighted by molar-refractivity contribution is 1.68. The van der Waals surface area contributed by atoms with E-state index in [2.05, 4.69) is 243 Å². The minimum absolute atomic E-state index is 1.43. The molecule has 0 unspecified atom stereocenters. The molecule has 0 aliphatic carbocycles. The molecule has 6 heteroatoms. The second-order valence-electron chi connectivity index (χ2n) is 15.4. The number of fused-ring (bicyclic) bond motifs is 3. The normalized spacial score (nSPS) is 14.1. The summed E-state index contributed by atoms with van der Waals surface area (Å²) in [5, 5.41) is 10.5. The van der Waals surface area contributed by atoms with E-state index in [1.54, 1.807) is 19.4 Å². The summed E-state index contributed by atoms with van der Waals surface area (Å²) < 4.78 is 3.16. The van der Waals surface area contributed by atoms with Gasteiger partial charge in [0.15, 0.2) is 16.1 Å². The van der Waals surface area contributed by atoms with Crippen molar-refractivity contribution in [2.75, 3.05) is 0 Å². The molecule has 262 valence electrons. The van der Waals surface area contributed by atoms with Gasteiger partial charge in [-0.2, -0.15) is 0 Å². The lowest BCUT2D eigenvalue weighted by atomic mass is 10.3. The lowest BCUT2D eigenvalue weighted by Gasteiger charge is -2.32. The predicted molar refractivity (Wildman–Crippen MR) is 247 cm³/mol. The van der Waals surface area contributed by atoms with E-state index in [-0.39, 0.29) is 0 Å². The van der Waals surface area contributed by atoms with Crippen LogP contribution in [0.5, 0.6) is 0 Å². The highest BCUT2D eigenvalue weighted by atomic mass is 32.1. The molecular weight excluding hydrogens is 741 g/mol. The van der Waals surface area contributed by atoms with Gasteiger partial charge in [0.2, 0.25) is 0 Å². The first-order valence-electron chi connectivity index (χ1n) is 18.6. The Bertz CT molecular complexity index is 2260. The van der Waals surface area contributed by atoms with E-state index in [1.807, 2.05) is 0 Å². The highest BCUT2D eigenvalue weighted by molar-refractivity contribution is 7.41. The van der Waals surface area contributed by atoms with Gasteiger partial charge < -0.3 is 0 Å². The molecule has 5 aromatic carbocycles. The van der Waals surface area contributed by atoms with Crippen LogP contribution in [0.15, 0.2) is 187 Å². The van der Waals surface area contributed by atoms with Crippen LogP contribution in [0.2, 0.25) is 26.2 Å². The zero-order valence-electron chi connectivity index (χ0n) is 31.2. The molecule has 0 saturated carbocycles. The van der Waals surface area contributed by atoms with Crippen molar-refractivity contribution in [3.05, 3.63) is 187 Å². The molecular formula is C47H46S2Si4. The zero-order valence-corrected chi connectivity index (χ0v) is 36.8. The molecule has 1 aliphatic rings. The van der Waals surface area contributed by atoms with E-state index < -0.39 is 32.3 Å². The Morgan fingerprint density at radius 3 is 1.13 bits per heavy atom. The summed E-state index contributed by atoms with van der Waals surface area (Å²) in [4.78, 5) is 3.06. The minimum Gasteiger partial charge on any atom is -0.144 e. The van der Waals surface area contributed by atoms with E-state index in [0.29, 0.717) is 0 Å². The summed E-state index contributed by atoms with van der Waals surface area (Å²) in [6.07, 6.45) is 2.27. The van der Waals surface area contributed by atoms with E-state index in [9.17, 15) is 0 Å². The maximum absolute atomic E-state index is 2.70. The van der Waals surface area contributed by atoms with Crippen molar-refractivity contribution >= 4 is 100 Å². The molecule has 53 heavy (non-hydrogen) atoms. The molecule has 0 radical (unpaired) electrons. The predicted octanol–water partition coefficient (Wildman–Crippen LogP) is 6.92. The summed E-state index contributed by atoms with van der Waals surface area (Å²) in [5.74, 6) is 0. The molecule has 0 spiro atoms. The number of rotatable bonds is 10. The molecule has 8 rings (SSSR count). The monoisotopic (exact) mass is 786 g/mol. The van der Waals surface area contributed by atoms with Gasteiger partial charge in [-0.25, -0.2) is 0 Å². The second kappa shape index (κ2) is 14.2. The summed E-state index contributed by atoms with van der Waals surface area (Å²) in [5.41, 5.74) is 7.90. The first kappa shape index (κ1) is 35.9. The fourth-order valence-corrected chi connectivity index (χ4v) is 28.7. The highest BCUT2D eigenvalue weighted by Crippen LogP contribution is 2.36. The fraction of sp³-hybridized carbons (Fsp3) is 0.106. The molecule has 3 heterocycles. The third-order valence-corrected chi connectivity index (χ3v) is 31.9. The number of benzene rings is 5. The molecule has 0 fully saturated rings. The summed E-state index contributed by atoms with van der Waals surface area (Å²) in [6, 6.07) is 62.3. The molecule has 0 N–H and O–H groups in total. The van der Waals surface area contributed by atoms with E-state index in [1.165, 1.54) is 35.7 Å². The number of hydrogen-bond acceptors (Lipinski definition) is 2. The quantitative estimate of drug-likeness (QED) is 0.104. The third kappa shape index (κ3) is 6.06. The molecule has 7 aromatic rings. The average Bonchev–Trinajstić information content (AvgIpc) is 3.90. The van der Waals surface area contributed by atoms with Crippen molar-refractivity contribution in [1.29, 1.82) is 0 Å². The van der Waals surface area contributed by atoms with Crippen molar-refractivity contribution < 1.29 is 0 Å². The van der Waals surface area contributed by atoms with Crippen LogP contribution in [0.1, 0.15) is 6.92 Å². The van der Waals surface area contributed by atoms with Gasteiger partial charge in [0.25, 0.3) is 0 Å². The first-order chi connectivity index (χ1) is 25.7. The molecule has 2 aromatic heterocycles. The Balaban J connectivity index is 1.35. The van der Waals surface area contributed by atoms with Crippen molar-refractivity contribution in [3.63, 3.8) is 0 Å². The Labute approximate surface area is 327 Å². The molecule has 0 atom stereocenters. The molecule has 0 nitrogen and oxygen atoms in total. The van der Waals surface area contributed by atoms with Crippen molar-refractivity contribution in [1.82, 2.24) is 0 Å². The molecule has 0 saturated heterocycles. The standard InChI is InChI=1S/C47H46S2Si4/c1-6-32-50(2,3)44-35-42-46(48-44)47-43(53(42,40-28-18-10-19-29-40)41-30-20-11-21-31-41)36-45(49-47)51(4,5)33-34-52(37-22-12-7-13-23-37,38-24-14-8-15-25-38)39-26-16-9-17-27-39/h6-36H,1-5H3/b32-6+,34-33+. The van der Waals surface area contributed by atoms with Crippen LogP contribution in [-0.4, -0.2) is 32.3 Å². The van der Waals surface area contributed by atoms with E-state index in [0.717, 1.165) is 0 Å². The largest absolute Gasteiger partial charge is 0.182 e. The fourth-order valence-electron chi connectivity index (χ4n) is 8.43. The van der Waals surface area contributed by atoms with Gasteiger partial charge in [-0.3, -0.25) is 0 Å². The number of thiophene rings is 2. The summed E-state index contributed by atoms with van der Waals surface area (Å²) >= 11 is 4.20. The number of allylic oxidation sites excluding steroid dienone is 1. The van der Waals surface area contributed by atoms with E-state index >= 15 is 0 Å². The molecule has 1 aliphatic heterocycles. The average molecular weight is 787 g/mol. The van der Waals surface area contributed by atoms with Crippen LogP contribution in [-0.2, 0) is 0 Å². The molecule has 0 amide bonds. The summed E-state index contributed by atoms with van der Waals surface area (Å²) in [6.45, 7) is 12.3. The van der Waals surface area contributed by atoms with Crippen LogP contribution in [0.25, 0.3) is 9.75 Å². The van der Waals surface area contributed by atoms with Crippen molar-refractivity contribution in [3.8, 4) is 9.75 Å². The van der Waals surface area contributed by atoms with Crippen LogP contribution >= 0.6 is 22.7 Å². The minimum atomic E-state index is -2.56.